The van der Waals surface area contributed by atoms with Gasteiger partial charge in [0.25, 0.3) is 0 Å². The van der Waals surface area contributed by atoms with Crippen LogP contribution in [0.2, 0.25) is 0 Å². The molecule has 248 valence electrons. The Morgan fingerprint density at radius 1 is 1.04 bits per heavy atom. The molecule has 4 rings (SSSR count). The van der Waals surface area contributed by atoms with Crippen molar-refractivity contribution in [2.75, 3.05) is 19.4 Å². The van der Waals surface area contributed by atoms with Crippen LogP contribution in [0.4, 0.5) is 0 Å². The van der Waals surface area contributed by atoms with E-state index in [-0.39, 0.29) is 31.4 Å². The molecule has 46 heavy (non-hydrogen) atoms. The monoisotopic (exact) mass is 653 g/mol. The van der Waals surface area contributed by atoms with E-state index in [4.69, 9.17) is 29.2 Å². The second-order valence-electron chi connectivity index (χ2n) is 11.5. The van der Waals surface area contributed by atoms with Crippen molar-refractivity contribution in [3.05, 3.63) is 90.0 Å². The zero-order valence-corrected chi connectivity index (χ0v) is 27.3. The molecule has 10 nitrogen and oxygen atoms in total. The molecule has 1 fully saturated rings. The maximum atomic E-state index is 12.9. The van der Waals surface area contributed by atoms with E-state index in [1.807, 2.05) is 78.9 Å². The van der Waals surface area contributed by atoms with Crippen LogP contribution in [0.5, 0.6) is 17.2 Å². The standard InChI is InChI=1S/C35H44NO9P/c1-3-30(37)35(36)25(2)24-46(39,40)45-32-17-10-20-41-33(32)23-43-34(38)19-18-27-12-7-8-16-31(27)42-22-26-11-9-15-29(21-26)44-28-13-5-4-6-14-28/h4-9,11-16,21,25,32-33,35H,3,10,17-20,22-24,36H2,1-2H3,(H,39,40)/t25-,32-,33?,35+/m1/s1. The number of hydrogen-bond donors (Lipinski definition) is 2. The number of rotatable bonds is 17. The molecule has 0 aromatic heterocycles. The van der Waals surface area contributed by atoms with Crippen LogP contribution in [0.25, 0.3) is 0 Å². The van der Waals surface area contributed by atoms with Crippen molar-refractivity contribution in [2.45, 2.75) is 70.8 Å². The lowest BCUT2D eigenvalue weighted by Gasteiger charge is -2.33. The van der Waals surface area contributed by atoms with Crippen molar-refractivity contribution in [3.63, 3.8) is 0 Å². The molecule has 0 radical (unpaired) electrons. The average molecular weight is 654 g/mol. The lowest BCUT2D eigenvalue weighted by atomic mass is 9.99. The topological polar surface area (TPSA) is 144 Å². The van der Waals surface area contributed by atoms with E-state index in [9.17, 15) is 19.0 Å². The normalized spacial score (nSPS) is 19.0. The molecule has 1 saturated heterocycles. The second kappa shape index (κ2) is 17.4. The van der Waals surface area contributed by atoms with Crippen molar-refractivity contribution in [1.82, 2.24) is 0 Å². The van der Waals surface area contributed by atoms with Gasteiger partial charge in [-0.2, -0.15) is 0 Å². The van der Waals surface area contributed by atoms with E-state index in [1.165, 1.54) is 0 Å². The first-order valence-electron chi connectivity index (χ1n) is 15.7. The van der Waals surface area contributed by atoms with E-state index >= 15 is 0 Å². The fraction of sp³-hybridized carbons (Fsp3) is 0.429. The number of aryl methyl sites for hydroxylation is 1. The smallest absolute Gasteiger partial charge is 0.328 e. The fourth-order valence-electron chi connectivity index (χ4n) is 5.19. The predicted octanol–water partition coefficient (Wildman–Crippen LogP) is 6.23. The van der Waals surface area contributed by atoms with Crippen molar-refractivity contribution in [2.24, 2.45) is 11.7 Å². The minimum Gasteiger partial charge on any atom is -0.489 e. The third-order valence-electron chi connectivity index (χ3n) is 7.78. The highest BCUT2D eigenvalue weighted by atomic mass is 31.2. The molecule has 0 bridgehead atoms. The molecule has 1 aliphatic rings. The number of para-hydroxylation sites is 2. The Kier molecular flexibility index (Phi) is 13.4. The summed E-state index contributed by atoms with van der Waals surface area (Å²) < 4.78 is 41.8. The Morgan fingerprint density at radius 2 is 1.78 bits per heavy atom. The van der Waals surface area contributed by atoms with Gasteiger partial charge in [0.1, 0.15) is 42.3 Å². The number of Topliss-reactive ketones (excluding diaryl/α,β-unsaturated/α-hetero) is 1. The molecule has 1 heterocycles. The second-order valence-corrected chi connectivity index (χ2v) is 13.3. The van der Waals surface area contributed by atoms with Crippen LogP contribution in [0, 0.1) is 5.92 Å². The maximum absolute atomic E-state index is 12.9. The first kappa shape index (κ1) is 35.3. The number of carbonyl (C=O) groups is 2. The molecule has 3 aromatic carbocycles. The first-order chi connectivity index (χ1) is 22.1. The van der Waals surface area contributed by atoms with Gasteiger partial charge in [0, 0.05) is 19.4 Å². The highest BCUT2D eigenvalue weighted by molar-refractivity contribution is 7.52. The Labute approximate surface area is 270 Å². The molecule has 3 aromatic rings. The predicted molar refractivity (Wildman–Crippen MR) is 174 cm³/mol. The molecule has 3 N–H and O–H groups in total. The van der Waals surface area contributed by atoms with Crippen LogP contribution >= 0.6 is 7.60 Å². The molecule has 0 aliphatic carbocycles. The molecule has 0 amide bonds. The molecule has 0 spiro atoms. The Balaban J connectivity index is 1.25. The van der Waals surface area contributed by atoms with Gasteiger partial charge in [-0.1, -0.05) is 62.4 Å². The van der Waals surface area contributed by atoms with E-state index < -0.39 is 37.7 Å². The van der Waals surface area contributed by atoms with Crippen LogP contribution < -0.4 is 15.2 Å². The van der Waals surface area contributed by atoms with Crippen LogP contribution in [0.15, 0.2) is 78.9 Å². The average Bonchev–Trinajstić information content (AvgIpc) is 3.05. The van der Waals surface area contributed by atoms with Gasteiger partial charge in [-0.05, 0) is 66.6 Å². The largest absolute Gasteiger partial charge is 0.489 e. The lowest BCUT2D eigenvalue weighted by Crippen LogP contribution is -2.41. The van der Waals surface area contributed by atoms with Gasteiger partial charge in [-0.25, -0.2) is 0 Å². The van der Waals surface area contributed by atoms with Gasteiger partial charge in [0.05, 0.1) is 18.3 Å². The number of benzene rings is 3. The molecule has 1 aliphatic heterocycles. The van der Waals surface area contributed by atoms with Gasteiger partial charge in [0.15, 0.2) is 0 Å². The van der Waals surface area contributed by atoms with Gasteiger partial charge < -0.3 is 34.1 Å². The third kappa shape index (κ3) is 11.1. The zero-order chi connectivity index (χ0) is 32.9. The molecule has 2 unspecified atom stereocenters. The highest BCUT2D eigenvalue weighted by Gasteiger charge is 2.36. The minimum absolute atomic E-state index is 0.105. The number of nitrogens with two attached hydrogens (primary N) is 1. The quantitative estimate of drug-likeness (QED) is 0.127. The van der Waals surface area contributed by atoms with Crippen LogP contribution in [-0.2, 0) is 41.2 Å². The SMILES string of the molecule is CCC(=O)[C@@H](N)[C@H](C)CP(=O)(O)O[C@@H]1CCCOC1COC(=O)CCc1ccccc1OCc1cccc(Oc2ccccc2)c1. The van der Waals surface area contributed by atoms with E-state index in [1.54, 1.807) is 13.8 Å². The maximum Gasteiger partial charge on any atom is 0.328 e. The molecular weight excluding hydrogens is 609 g/mol. The summed E-state index contributed by atoms with van der Waals surface area (Å²) in [6.45, 7) is 4.00. The van der Waals surface area contributed by atoms with E-state index in [0.717, 1.165) is 16.9 Å². The van der Waals surface area contributed by atoms with E-state index in [2.05, 4.69) is 0 Å². The summed E-state index contributed by atoms with van der Waals surface area (Å²) in [7, 11) is -4.09. The summed E-state index contributed by atoms with van der Waals surface area (Å²) >= 11 is 0. The summed E-state index contributed by atoms with van der Waals surface area (Å²) in [4.78, 5) is 35.2. The summed E-state index contributed by atoms with van der Waals surface area (Å²) in [5, 5.41) is 0. The van der Waals surface area contributed by atoms with Crippen molar-refractivity contribution >= 4 is 19.3 Å². The highest BCUT2D eigenvalue weighted by Crippen LogP contribution is 2.47. The van der Waals surface area contributed by atoms with Crippen LogP contribution in [-0.4, -0.2) is 54.3 Å². The number of ether oxygens (including phenoxy) is 4. The zero-order valence-electron chi connectivity index (χ0n) is 26.4. The lowest BCUT2D eigenvalue weighted by molar-refractivity contribution is -0.154. The minimum atomic E-state index is -4.09. The molecule has 5 atom stereocenters. The summed E-state index contributed by atoms with van der Waals surface area (Å²) in [6.07, 6.45) is 0.218. The van der Waals surface area contributed by atoms with Crippen LogP contribution in [0.1, 0.15) is 50.7 Å². The van der Waals surface area contributed by atoms with Gasteiger partial charge in [0.2, 0.25) is 0 Å². The molecular formula is C35H44NO9P. The van der Waals surface area contributed by atoms with Crippen molar-refractivity contribution in [3.8, 4) is 17.2 Å². The number of ketones is 1. The van der Waals surface area contributed by atoms with Crippen molar-refractivity contribution in [1.29, 1.82) is 0 Å². The first-order valence-corrected chi connectivity index (χ1v) is 17.5. The Morgan fingerprint density at radius 3 is 2.57 bits per heavy atom. The van der Waals surface area contributed by atoms with Crippen molar-refractivity contribution < 1.29 is 42.5 Å². The number of esters is 1. The molecule has 11 heteroatoms. The summed E-state index contributed by atoms with van der Waals surface area (Å²) in [5.74, 6) is 0.990. The Bertz CT molecular complexity index is 1470. The van der Waals surface area contributed by atoms with Gasteiger partial charge in [-0.15, -0.1) is 0 Å². The van der Waals surface area contributed by atoms with Crippen LogP contribution in [0.3, 0.4) is 0 Å². The van der Waals surface area contributed by atoms with Gasteiger partial charge in [-0.3, -0.25) is 14.2 Å². The summed E-state index contributed by atoms with van der Waals surface area (Å²) in [6, 6.07) is 23.9. The van der Waals surface area contributed by atoms with Gasteiger partial charge >= 0.3 is 13.6 Å². The number of hydrogen-bond acceptors (Lipinski definition) is 9. The summed E-state index contributed by atoms with van der Waals surface area (Å²) in [5.41, 5.74) is 7.74. The fourth-order valence-corrected chi connectivity index (χ4v) is 6.90. The molecule has 0 saturated carbocycles. The number of carbonyl (C=O) groups excluding carboxylic acids is 2. The van der Waals surface area contributed by atoms with E-state index in [0.29, 0.717) is 44.0 Å². The Hall–Kier alpha value is -3.53. The third-order valence-corrected chi connectivity index (χ3v) is 9.42.